The topological polar surface area (TPSA) is 106 Å². The third-order valence-corrected chi connectivity index (χ3v) is 7.30. The molecule has 0 aliphatic heterocycles. The molecule has 4 aromatic heterocycles. The predicted molar refractivity (Wildman–Crippen MR) is 141 cm³/mol. The molecule has 194 valence electrons. The quantitative estimate of drug-likeness (QED) is 0.395. The number of anilines is 2. The zero-order valence-corrected chi connectivity index (χ0v) is 22.0. The van der Waals surface area contributed by atoms with Crippen LogP contribution < -0.4 is 5.32 Å². The summed E-state index contributed by atoms with van der Waals surface area (Å²) in [6.07, 6.45) is 6.13. The van der Waals surface area contributed by atoms with Gasteiger partial charge in [-0.1, -0.05) is 0 Å². The van der Waals surface area contributed by atoms with E-state index in [0.29, 0.717) is 53.7 Å². The average Bonchev–Trinajstić information content (AvgIpc) is 3.79. The summed E-state index contributed by atoms with van der Waals surface area (Å²) < 4.78 is 5.65. The van der Waals surface area contributed by atoms with Crippen molar-refractivity contribution in [2.24, 2.45) is 7.05 Å². The lowest BCUT2D eigenvalue weighted by Crippen LogP contribution is -2.36. The Morgan fingerprint density at radius 3 is 2.32 bits per heavy atom. The van der Waals surface area contributed by atoms with E-state index < -0.39 is 0 Å². The highest BCUT2D eigenvalue weighted by Crippen LogP contribution is 2.39. The number of amides is 2. The number of rotatable bonds is 8. The van der Waals surface area contributed by atoms with E-state index in [0.717, 1.165) is 42.2 Å². The lowest BCUT2D eigenvalue weighted by molar-refractivity contribution is 0.0719. The van der Waals surface area contributed by atoms with Crippen LogP contribution in [-0.2, 0) is 20.1 Å². The summed E-state index contributed by atoms with van der Waals surface area (Å²) in [5, 5.41) is 8.80. The maximum Gasteiger partial charge on any atom is 0.271 e. The molecule has 0 atom stereocenters. The van der Waals surface area contributed by atoms with Gasteiger partial charge in [-0.05, 0) is 45.6 Å². The van der Waals surface area contributed by atoms with Gasteiger partial charge in [-0.3, -0.25) is 14.3 Å². The summed E-state index contributed by atoms with van der Waals surface area (Å²) in [6.45, 7) is 5.17. The Kier molecular flexibility index (Phi) is 5.46. The molecule has 0 spiro atoms. The molecule has 2 aliphatic rings. The number of aryl methyl sites for hydroxylation is 3. The number of nitrogens with one attached hydrogen (secondary N) is 1. The normalized spacial score (nSPS) is 15.5. The van der Waals surface area contributed by atoms with Crippen molar-refractivity contribution in [3.05, 3.63) is 29.8 Å². The lowest BCUT2D eigenvalue weighted by atomic mass is 10.2. The first kappa shape index (κ1) is 23.5. The monoisotopic (exact) mass is 503 g/mol. The maximum absolute atomic E-state index is 13.8. The average molecular weight is 504 g/mol. The first-order chi connectivity index (χ1) is 17.8. The van der Waals surface area contributed by atoms with E-state index in [1.165, 1.54) is 4.90 Å². The molecule has 2 amide bonds. The van der Waals surface area contributed by atoms with Gasteiger partial charge in [0.05, 0.1) is 11.8 Å². The third-order valence-electron chi connectivity index (χ3n) is 7.30. The standard InChI is InChI=1S/C26H33N9O2/c1-6-33-18(26(37)35(15-8-9-15)16-10-11-16)12-17-22-21(27-14-32(22)5)23(29-24(17)33)28-20-13-19(25(36)31(3)4)34(7-2)30-20/h12-16H,6-11H2,1-5H3,(H,28,29,30). The predicted octanol–water partition coefficient (Wildman–Crippen LogP) is 3.37. The largest absolute Gasteiger partial charge is 0.343 e. The lowest BCUT2D eigenvalue weighted by Gasteiger charge is -2.22. The molecule has 11 nitrogen and oxygen atoms in total. The second kappa shape index (κ2) is 8.60. The van der Waals surface area contributed by atoms with Crippen molar-refractivity contribution >= 4 is 45.5 Å². The molecule has 0 bridgehead atoms. The Hall–Kier alpha value is -3.89. The minimum Gasteiger partial charge on any atom is -0.343 e. The van der Waals surface area contributed by atoms with Crippen molar-refractivity contribution in [1.82, 2.24) is 38.7 Å². The second-order valence-electron chi connectivity index (χ2n) is 10.3. The molecular formula is C26H33N9O2. The van der Waals surface area contributed by atoms with Crippen LogP contribution >= 0.6 is 0 Å². The number of nitrogens with zero attached hydrogens (tertiary/aromatic N) is 8. The molecule has 0 aromatic carbocycles. The highest BCUT2D eigenvalue weighted by atomic mass is 16.2. The number of aromatic nitrogens is 6. The molecule has 2 saturated carbocycles. The van der Waals surface area contributed by atoms with E-state index in [-0.39, 0.29) is 11.8 Å². The Labute approximate surface area is 215 Å². The van der Waals surface area contributed by atoms with Crippen molar-refractivity contribution in [2.75, 3.05) is 19.4 Å². The van der Waals surface area contributed by atoms with Crippen molar-refractivity contribution in [3.8, 4) is 0 Å². The van der Waals surface area contributed by atoms with E-state index in [2.05, 4.69) is 20.3 Å². The molecule has 0 unspecified atom stereocenters. The van der Waals surface area contributed by atoms with Crippen LogP contribution in [0.4, 0.5) is 11.6 Å². The van der Waals surface area contributed by atoms with Gasteiger partial charge in [0, 0.05) is 57.8 Å². The number of hydrogen-bond donors (Lipinski definition) is 1. The highest BCUT2D eigenvalue weighted by molar-refractivity contribution is 6.10. The van der Waals surface area contributed by atoms with Crippen LogP contribution in [0.1, 0.15) is 60.5 Å². The molecule has 0 radical (unpaired) electrons. The van der Waals surface area contributed by atoms with Gasteiger partial charge in [-0.15, -0.1) is 0 Å². The summed E-state index contributed by atoms with van der Waals surface area (Å²) in [5.74, 6) is 1.04. The van der Waals surface area contributed by atoms with Gasteiger partial charge < -0.3 is 24.3 Å². The van der Waals surface area contributed by atoms with Gasteiger partial charge in [-0.25, -0.2) is 9.97 Å². The van der Waals surface area contributed by atoms with Gasteiger partial charge in [0.1, 0.15) is 22.6 Å². The third kappa shape index (κ3) is 3.84. The minimum absolute atomic E-state index is 0.100. The van der Waals surface area contributed by atoms with Crippen molar-refractivity contribution in [1.29, 1.82) is 0 Å². The molecule has 2 aliphatic carbocycles. The number of carbonyl (C=O) groups is 2. The number of fused-ring (bicyclic) bond motifs is 3. The number of carbonyl (C=O) groups excluding carboxylic acids is 2. The number of imidazole rings is 1. The fourth-order valence-electron chi connectivity index (χ4n) is 5.21. The van der Waals surface area contributed by atoms with E-state index >= 15 is 0 Å². The summed E-state index contributed by atoms with van der Waals surface area (Å²) >= 11 is 0. The zero-order valence-electron chi connectivity index (χ0n) is 22.0. The van der Waals surface area contributed by atoms with Crippen molar-refractivity contribution in [2.45, 2.75) is 64.7 Å². The molecule has 11 heteroatoms. The van der Waals surface area contributed by atoms with Crippen LogP contribution in [0.5, 0.6) is 0 Å². The van der Waals surface area contributed by atoms with Gasteiger partial charge in [0.2, 0.25) is 0 Å². The molecule has 0 saturated heterocycles. The molecule has 4 heterocycles. The smallest absolute Gasteiger partial charge is 0.271 e. The molecule has 4 aromatic rings. The van der Waals surface area contributed by atoms with E-state index in [1.807, 2.05) is 36.1 Å². The van der Waals surface area contributed by atoms with E-state index in [4.69, 9.17) is 4.98 Å². The van der Waals surface area contributed by atoms with Crippen LogP contribution in [0, 0.1) is 0 Å². The van der Waals surface area contributed by atoms with Crippen LogP contribution in [0.25, 0.3) is 22.1 Å². The van der Waals surface area contributed by atoms with Gasteiger partial charge in [0.15, 0.2) is 11.6 Å². The van der Waals surface area contributed by atoms with E-state index in [1.54, 1.807) is 31.2 Å². The van der Waals surface area contributed by atoms with Crippen molar-refractivity contribution < 1.29 is 9.59 Å². The number of pyridine rings is 1. The Balaban J connectivity index is 1.47. The molecule has 2 fully saturated rings. The molecule has 6 rings (SSSR count). The summed E-state index contributed by atoms with van der Waals surface area (Å²) in [5.41, 5.74) is 3.50. The van der Waals surface area contributed by atoms with E-state index in [9.17, 15) is 9.59 Å². The SMILES string of the molecule is CCn1nc(Nc2nc3c(cc(C(=O)N(C4CC4)C4CC4)n3CC)c3c2ncn3C)cc1C(=O)N(C)C. The Morgan fingerprint density at radius 2 is 1.73 bits per heavy atom. The Bertz CT molecular complexity index is 1520. The first-order valence-corrected chi connectivity index (χ1v) is 13.1. The van der Waals surface area contributed by atoms with Crippen LogP contribution in [0.3, 0.4) is 0 Å². The van der Waals surface area contributed by atoms with Crippen molar-refractivity contribution in [3.63, 3.8) is 0 Å². The van der Waals surface area contributed by atoms with Crippen LogP contribution in [0.2, 0.25) is 0 Å². The maximum atomic E-state index is 13.8. The molecule has 37 heavy (non-hydrogen) atoms. The van der Waals surface area contributed by atoms with Crippen LogP contribution in [-0.4, -0.2) is 76.7 Å². The fourth-order valence-corrected chi connectivity index (χ4v) is 5.21. The fraction of sp³-hybridized carbons (Fsp3) is 0.500. The van der Waals surface area contributed by atoms with Gasteiger partial charge >= 0.3 is 0 Å². The summed E-state index contributed by atoms with van der Waals surface area (Å²) in [6, 6.07) is 4.47. The molecule has 1 N–H and O–H groups in total. The highest BCUT2D eigenvalue weighted by Gasteiger charge is 2.43. The molecular weight excluding hydrogens is 470 g/mol. The second-order valence-corrected chi connectivity index (χ2v) is 10.3. The Morgan fingerprint density at radius 1 is 1.03 bits per heavy atom. The minimum atomic E-state index is -0.118. The van der Waals surface area contributed by atoms with Gasteiger partial charge in [-0.2, -0.15) is 5.10 Å². The summed E-state index contributed by atoms with van der Waals surface area (Å²) in [4.78, 5) is 39.7. The zero-order chi connectivity index (χ0) is 26.0. The summed E-state index contributed by atoms with van der Waals surface area (Å²) in [7, 11) is 5.39. The van der Waals surface area contributed by atoms with Crippen LogP contribution in [0.15, 0.2) is 18.5 Å². The first-order valence-electron chi connectivity index (χ1n) is 13.1. The number of hydrogen-bond acceptors (Lipinski definition) is 6. The van der Waals surface area contributed by atoms with Gasteiger partial charge in [0.25, 0.3) is 11.8 Å².